The number of carbonyl (C=O) groups is 2. The number of ether oxygens (including phenoxy) is 1. The largest absolute Gasteiger partial charge is 0.391 e. The molecule has 0 amide bonds. The van der Waals surface area contributed by atoms with E-state index >= 15 is 0 Å². The lowest BCUT2D eigenvalue weighted by molar-refractivity contribution is -0.167. The van der Waals surface area contributed by atoms with Crippen LogP contribution in [-0.4, -0.2) is 36.4 Å². The van der Waals surface area contributed by atoms with E-state index in [4.69, 9.17) is 15.9 Å². The van der Waals surface area contributed by atoms with Crippen molar-refractivity contribution in [1.82, 2.24) is 4.90 Å². The zero-order chi connectivity index (χ0) is 16.1. The zero-order valence-electron chi connectivity index (χ0n) is 13.3. The number of nitrogens with zero attached hydrogens (tertiary/aromatic N) is 1. The fourth-order valence-corrected chi connectivity index (χ4v) is 1.68. The third-order valence-electron chi connectivity index (χ3n) is 3.51. The Kier molecular flexibility index (Phi) is 6.68. The molecule has 0 spiro atoms. The number of hydrogen-bond donors (Lipinski definition) is 2. The standard InChI is InChI=1S/C14H27N3O3/c1-9(2)10(3)7-14(4,5)12(19)20-11(18)8-17(6)13(15)16/h9-10H,7-8H2,1-6H3,(H3,15,16). The van der Waals surface area contributed by atoms with Crippen LogP contribution in [0.5, 0.6) is 0 Å². The second-order valence-electron chi connectivity index (χ2n) is 6.31. The van der Waals surface area contributed by atoms with Gasteiger partial charge in [-0.1, -0.05) is 20.8 Å². The minimum atomic E-state index is -0.714. The zero-order valence-corrected chi connectivity index (χ0v) is 13.3. The molecule has 0 aromatic rings. The predicted octanol–water partition coefficient (Wildman–Crippen LogP) is 1.59. The molecule has 6 heteroatoms. The maximum absolute atomic E-state index is 12.0. The summed E-state index contributed by atoms with van der Waals surface area (Å²) in [7, 11) is 1.49. The maximum Gasteiger partial charge on any atom is 0.333 e. The smallest absolute Gasteiger partial charge is 0.333 e. The molecule has 6 nitrogen and oxygen atoms in total. The lowest BCUT2D eigenvalue weighted by atomic mass is 9.79. The van der Waals surface area contributed by atoms with E-state index in [1.165, 1.54) is 11.9 Å². The highest BCUT2D eigenvalue weighted by Crippen LogP contribution is 2.30. The van der Waals surface area contributed by atoms with Gasteiger partial charge in [-0.05, 0) is 32.1 Å². The third-order valence-corrected chi connectivity index (χ3v) is 3.51. The molecule has 3 N–H and O–H groups in total. The van der Waals surface area contributed by atoms with Crippen LogP contribution in [0.3, 0.4) is 0 Å². The SMILES string of the molecule is CC(C)C(C)CC(C)(C)C(=O)OC(=O)CN(C)C(=N)N. The Labute approximate surface area is 121 Å². The van der Waals surface area contributed by atoms with E-state index in [9.17, 15) is 9.59 Å². The highest BCUT2D eigenvalue weighted by atomic mass is 16.6. The molecule has 0 aliphatic heterocycles. The van der Waals surface area contributed by atoms with Crippen molar-refractivity contribution in [1.29, 1.82) is 5.41 Å². The van der Waals surface area contributed by atoms with Gasteiger partial charge in [-0.15, -0.1) is 0 Å². The summed E-state index contributed by atoms with van der Waals surface area (Å²) in [5.41, 5.74) is 4.50. The summed E-state index contributed by atoms with van der Waals surface area (Å²) >= 11 is 0. The Balaban J connectivity index is 4.51. The minimum Gasteiger partial charge on any atom is -0.391 e. The van der Waals surface area contributed by atoms with E-state index in [-0.39, 0.29) is 12.5 Å². The van der Waals surface area contributed by atoms with E-state index in [1.54, 1.807) is 13.8 Å². The van der Waals surface area contributed by atoms with Crippen molar-refractivity contribution in [2.24, 2.45) is 23.0 Å². The van der Waals surface area contributed by atoms with Gasteiger partial charge in [0.2, 0.25) is 0 Å². The number of nitrogens with one attached hydrogen (secondary N) is 1. The molecular weight excluding hydrogens is 258 g/mol. The predicted molar refractivity (Wildman–Crippen MR) is 78.0 cm³/mol. The van der Waals surface area contributed by atoms with Gasteiger partial charge in [-0.3, -0.25) is 10.2 Å². The van der Waals surface area contributed by atoms with Crippen molar-refractivity contribution in [3.05, 3.63) is 0 Å². The van der Waals surface area contributed by atoms with Gasteiger partial charge in [-0.2, -0.15) is 0 Å². The first-order valence-corrected chi connectivity index (χ1v) is 6.77. The molecule has 0 aromatic heterocycles. The summed E-state index contributed by atoms with van der Waals surface area (Å²) in [6.07, 6.45) is 0.652. The van der Waals surface area contributed by atoms with Gasteiger partial charge >= 0.3 is 11.9 Å². The Hall–Kier alpha value is -1.59. The first-order valence-electron chi connectivity index (χ1n) is 6.77. The minimum absolute atomic E-state index is 0.211. The van der Waals surface area contributed by atoms with Crippen molar-refractivity contribution >= 4 is 17.9 Å². The van der Waals surface area contributed by atoms with Gasteiger partial charge < -0.3 is 15.4 Å². The Morgan fingerprint density at radius 1 is 1.30 bits per heavy atom. The maximum atomic E-state index is 12.0. The normalized spacial score (nSPS) is 12.9. The van der Waals surface area contributed by atoms with Crippen molar-refractivity contribution in [3.63, 3.8) is 0 Å². The molecule has 0 bridgehead atoms. The van der Waals surface area contributed by atoms with Crippen LogP contribution < -0.4 is 5.73 Å². The Bertz CT molecular complexity index is 378. The molecule has 20 heavy (non-hydrogen) atoms. The van der Waals surface area contributed by atoms with Crippen molar-refractivity contribution < 1.29 is 14.3 Å². The van der Waals surface area contributed by atoms with Crippen LogP contribution in [-0.2, 0) is 14.3 Å². The van der Waals surface area contributed by atoms with E-state index in [0.717, 1.165) is 0 Å². The van der Waals surface area contributed by atoms with Crippen LogP contribution in [0.4, 0.5) is 0 Å². The lowest BCUT2D eigenvalue weighted by Gasteiger charge is -2.27. The highest BCUT2D eigenvalue weighted by Gasteiger charge is 2.33. The van der Waals surface area contributed by atoms with Crippen molar-refractivity contribution in [2.75, 3.05) is 13.6 Å². The van der Waals surface area contributed by atoms with E-state index < -0.39 is 17.4 Å². The number of nitrogens with two attached hydrogens (primary N) is 1. The van der Waals surface area contributed by atoms with Gasteiger partial charge in [0.1, 0.15) is 6.54 Å². The average Bonchev–Trinajstić information content (AvgIpc) is 2.27. The molecule has 116 valence electrons. The van der Waals surface area contributed by atoms with Crippen LogP contribution in [0.2, 0.25) is 0 Å². The molecule has 0 saturated heterocycles. The van der Waals surface area contributed by atoms with Crippen LogP contribution in [0.1, 0.15) is 41.0 Å². The summed E-state index contributed by atoms with van der Waals surface area (Å²) in [4.78, 5) is 24.8. The van der Waals surface area contributed by atoms with Gasteiger partial charge in [0.05, 0.1) is 5.41 Å². The highest BCUT2D eigenvalue weighted by molar-refractivity contribution is 5.90. The van der Waals surface area contributed by atoms with E-state index in [0.29, 0.717) is 18.3 Å². The van der Waals surface area contributed by atoms with Crippen LogP contribution in [0, 0.1) is 22.7 Å². The van der Waals surface area contributed by atoms with Crippen LogP contribution in [0.15, 0.2) is 0 Å². The van der Waals surface area contributed by atoms with Crippen LogP contribution >= 0.6 is 0 Å². The first-order chi connectivity index (χ1) is 8.97. The fraction of sp³-hybridized carbons (Fsp3) is 0.786. The number of guanidine groups is 1. The quantitative estimate of drug-likeness (QED) is 0.334. The second kappa shape index (κ2) is 7.26. The molecule has 0 rings (SSSR count). The molecular formula is C14H27N3O3. The fourth-order valence-electron chi connectivity index (χ4n) is 1.68. The van der Waals surface area contributed by atoms with E-state index in [1.807, 2.05) is 0 Å². The molecule has 1 unspecified atom stereocenters. The van der Waals surface area contributed by atoms with Crippen molar-refractivity contribution in [3.8, 4) is 0 Å². The number of carbonyl (C=O) groups excluding carboxylic acids is 2. The summed E-state index contributed by atoms with van der Waals surface area (Å²) in [5, 5.41) is 7.15. The number of likely N-dealkylation sites (N-methyl/N-ethyl adjacent to an activating group) is 1. The molecule has 0 heterocycles. The number of esters is 2. The van der Waals surface area contributed by atoms with Gasteiger partial charge in [0.15, 0.2) is 5.96 Å². The van der Waals surface area contributed by atoms with Crippen molar-refractivity contribution in [2.45, 2.75) is 41.0 Å². The summed E-state index contributed by atoms with van der Waals surface area (Å²) in [5.74, 6) is -0.666. The molecule has 0 fully saturated rings. The average molecular weight is 285 g/mol. The molecule has 0 saturated carbocycles. The monoisotopic (exact) mass is 285 g/mol. The second-order valence-corrected chi connectivity index (χ2v) is 6.31. The van der Waals surface area contributed by atoms with Gasteiger partial charge in [0, 0.05) is 7.05 Å². The topological polar surface area (TPSA) is 96.5 Å². The molecule has 0 aliphatic rings. The third kappa shape index (κ3) is 6.04. The van der Waals surface area contributed by atoms with E-state index in [2.05, 4.69) is 20.8 Å². The first kappa shape index (κ1) is 18.4. The summed E-state index contributed by atoms with van der Waals surface area (Å²) in [6, 6.07) is 0. The molecule has 0 aromatic carbocycles. The number of rotatable bonds is 6. The lowest BCUT2D eigenvalue weighted by Crippen LogP contribution is -2.39. The Morgan fingerprint density at radius 2 is 1.80 bits per heavy atom. The van der Waals surface area contributed by atoms with Crippen LogP contribution in [0.25, 0.3) is 0 Å². The summed E-state index contributed by atoms with van der Waals surface area (Å²) in [6.45, 7) is 9.60. The summed E-state index contributed by atoms with van der Waals surface area (Å²) < 4.78 is 4.84. The number of hydrogen-bond acceptors (Lipinski definition) is 4. The van der Waals surface area contributed by atoms with Gasteiger partial charge in [-0.25, -0.2) is 4.79 Å². The molecule has 1 atom stereocenters. The van der Waals surface area contributed by atoms with Gasteiger partial charge in [0.25, 0.3) is 0 Å². The molecule has 0 radical (unpaired) electrons. The Morgan fingerprint density at radius 3 is 2.20 bits per heavy atom. The molecule has 0 aliphatic carbocycles.